The Bertz CT molecular complexity index is 1890. The molecule has 7 rings (SSSR count). The lowest BCUT2D eigenvalue weighted by molar-refractivity contribution is -0.0527. The van der Waals surface area contributed by atoms with Gasteiger partial charge in [0.1, 0.15) is 5.75 Å². The van der Waals surface area contributed by atoms with E-state index in [4.69, 9.17) is 23.7 Å². The second kappa shape index (κ2) is 30.2. The number of benzene rings is 4. The molecule has 0 amide bonds. The van der Waals surface area contributed by atoms with E-state index < -0.39 is 5.60 Å². The minimum Gasteiger partial charge on any atom is -0.493 e. The van der Waals surface area contributed by atoms with E-state index in [1.807, 2.05) is 31.4 Å². The molecule has 3 aliphatic rings. The van der Waals surface area contributed by atoms with Crippen molar-refractivity contribution in [3.63, 3.8) is 0 Å². The number of aliphatic hydroxyl groups excluding tert-OH is 1. The zero-order chi connectivity index (χ0) is 50.3. The topological polar surface area (TPSA) is 86.6 Å². The second-order valence-corrected chi connectivity index (χ2v) is 21.0. The van der Waals surface area contributed by atoms with Crippen molar-refractivity contribution in [2.24, 2.45) is 23.7 Å². The van der Waals surface area contributed by atoms with E-state index in [2.05, 4.69) is 161 Å². The average Bonchev–Trinajstić information content (AvgIpc) is 3.74. The van der Waals surface area contributed by atoms with Crippen molar-refractivity contribution >= 4 is 0 Å². The van der Waals surface area contributed by atoms with E-state index in [-0.39, 0.29) is 23.5 Å². The van der Waals surface area contributed by atoms with Crippen molar-refractivity contribution in [3.05, 3.63) is 137 Å². The highest BCUT2D eigenvalue weighted by atomic mass is 16.5. The number of hydrogen-bond donors (Lipinski definition) is 2. The van der Waals surface area contributed by atoms with Crippen molar-refractivity contribution in [2.45, 2.75) is 168 Å². The number of aliphatic hydroxyl groups is 2. The fraction of sp³-hybridized carbons (Fsp3) is 0.607. The maximum atomic E-state index is 10.2. The van der Waals surface area contributed by atoms with Crippen molar-refractivity contribution in [1.29, 1.82) is 0 Å². The van der Waals surface area contributed by atoms with Crippen LogP contribution in [0.1, 0.15) is 166 Å². The molecule has 7 nitrogen and oxygen atoms in total. The van der Waals surface area contributed by atoms with Crippen LogP contribution in [0.4, 0.5) is 0 Å². The lowest BCUT2D eigenvalue weighted by Crippen LogP contribution is -2.41. The molecular formula is C61H94O7. The number of hydrogen-bond acceptors (Lipinski definition) is 7. The van der Waals surface area contributed by atoms with Gasteiger partial charge < -0.3 is 33.9 Å². The molecule has 0 radical (unpaired) electrons. The number of ether oxygens (including phenoxy) is 5. The van der Waals surface area contributed by atoms with Crippen molar-refractivity contribution in [2.75, 3.05) is 47.8 Å². The Kier molecular flexibility index (Phi) is 26.1. The summed E-state index contributed by atoms with van der Waals surface area (Å²) in [6, 6.07) is 37.6. The fourth-order valence-electron chi connectivity index (χ4n) is 10.2. The van der Waals surface area contributed by atoms with Gasteiger partial charge in [0.25, 0.3) is 0 Å². The van der Waals surface area contributed by atoms with Gasteiger partial charge in [0.05, 0.1) is 49.8 Å². The Hall–Kier alpha value is -3.56. The third-order valence-corrected chi connectivity index (χ3v) is 14.6. The van der Waals surface area contributed by atoms with Crippen LogP contribution >= 0.6 is 0 Å². The molecule has 380 valence electrons. The van der Waals surface area contributed by atoms with Crippen LogP contribution in [-0.2, 0) is 18.9 Å². The molecule has 68 heavy (non-hydrogen) atoms. The maximum absolute atomic E-state index is 10.2. The Morgan fingerprint density at radius 2 is 1.26 bits per heavy atom. The molecule has 7 heteroatoms. The van der Waals surface area contributed by atoms with Crippen LogP contribution in [0.2, 0.25) is 0 Å². The molecule has 4 aromatic carbocycles. The summed E-state index contributed by atoms with van der Waals surface area (Å²) in [5.74, 6) is 4.92. The van der Waals surface area contributed by atoms with Crippen LogP contribution in [0.5, 0.6) is 5.75 Å². The van der Waals surface area contributed by atoms with Crippen LogP contribution in [0, 0.1) is 30.6 Å². The number of aryl methyl sites for hydroxylation is 1. The first-order valence-electron chi connectivity index (χ1n) is 25.8. The monoisotopic (exact) mass is 939 g/mol. The minimum atomic E-state index is -0.421. The fourth-order valence-corrected chi connectivity index (χ4v) is 10.2. The minimum absolute atomic E-state index is 0.116. The van der Waals surface area contributed by atoms with Gasteiger partial charge in [0, 0.05) is 57.0 Å². The van der Waals surface area contributed by atoms with Crippen molar-refractivity contribution in [3.8, 4) is 5.75 Å². The maximum Gasteiger partial charge on any atom is 0.122 e. The van der Waals surface area contributed by atoms with Gasteiger partial charge in [-0.2, -0.15) is 0 Å². The molecular weight excluding hydrogens is 845 g/mol. The summed E-state index contributed by atoms with van der Waals surface area (Å²) >= 11 is 0. The molecule has 7 atom stereocenters. The molecule has 1 heterocycles. The lowest BCUT2D eigenvalue weighted by atomic mass is 9.69. The summed E-state index contributed by atoms with van der Waals surface area (Å²) in [7, 11) is 5.31. The van der Waals surface area contributed by atoms with Crippen LogP contribution in [0.3, 0.4) is 0 Å². The summed E-state index contributed by atoms with van der Waals surface area (Å²) in [6.45, 7) is 26.8. The van der Waals surface area contributed by atoms with E-state index in [0.717, 1.165) is 49.0 Å². The molecule has 7 unspecified atom stereocenters. The predicted octanol–water partition coefficient (Wildman–Crippen LogP) is 14.3. The molecule has 2 saturated carbocycles. The van der Waals surface area contributed by atoms with Gasteiger partial charge in [-0.15, -0.1) is 0 Å². The highest BCUT2D eigenvalue weighted by Crippen LogP contribution is 2.43. The summed E-state index contributed by atoms with van der Waals surface area (Å²) in [5.41, 5.74) is 5.84. The number of rotatable bonds is 15. The van der Waals surface area contributed by atoms with Gasteiger partial charge >= 0.3 is 0 Å². The smallest absolute Gasteiger partial charge is 0.122 e. The average molecular weight is 939 g/mol. The van der Waals surface area contributed by atoms with Gasteiger partial charge in [-0.05, 0) is 99.3 Å². The molecule has 2 N–H and O–H groups in total. The normalized spacial score (nSPS) is 20.8. The Morgan fingerprint density at radius 3 is 1.76 bits per heavy atom. The predicted molar refractivity (Wildman–Crippen MR) is 284 cm³/mol. The van der Waals surface area contributed by atoms with E-state index in [9.17, 15) is 10.2 Å². The SMILES string of the molecule is CC(C)C1c2ccccc2OCCC1O.COC(C)(C)C(c1ccccc1)C(C)C.COC1CCCC1C(C)C.COCCOCC(C)c1ccccc1.Cc1ccc(C(C)C2(O)CCC2)cc1. The van der Waals surface area contributed by atoms with Gasteiger partial charge in [-0.3, -0.25) is 0 Å². The molecule has 2 aliphatic carbocycles. The third-order valence-electron chi connectivity index (χ3n) is 14.6. The molecule has 0 aromatic heterocycles. The first-order chi connectivity index (χ1) is 32.4. The molecule has 1 aliphatic heterocycles. The number of para-hydroxylation sites is 1. The first kappa shape index (κ1) is 58.8. The van der Waals surface area contributed by atoms with Gasteiger partial charge in [-0.25, -0.2) is 0 Å². The second-order valence-electron chi connectivity index (χ2n) is 21.0. The van der Waals surface area contributed by atoms with Gasteiger partial charge in [0.2, 0.25) is 0 Å². The standard InChI is InChI=1S/C14H22O.C13H18O2.C13H18O.C12H18O2.C9H18O/c1-11(2)13(14(3,4)15-5)12-9-7-6-8-10-12;1-9(2)13-10-5-3-4-6-12(10)15-8-7-11(13)14;1-10-4-6-12(7-5-10)11(2)13(14)8-3-9-13;1-11(10-14-9-8-13-2)12-6-4-3-5-7-12;1-7(2)8-5-4-6-9(8)10-3/h6-11,13H,1-5H3;3-6,9,11,13-14H,7-8H2,1-2H3;4-7,11,14H,3,8-9H2,1-2H3;3-7,11H,8-10H2,1-2H3;7-9H,4-6H2,1-3H3. The van der Waals surface area contributed by atoms with E-state index >= 15 is 0 Å². The van der Waals surface area contributed by atoms with Crippen LogP contribution in [0.15, 0.2) is 109 Å². The number of methoxy groups -OCH3 is 3. The zero-order valence-corrected chi connectivity index (χ0v) is 44.9. The number of fused-ring (bicyclic) bond motifs is 1. The van der Waals surface area contributed by atoms with Crippen molar-refractivity contribution < 1.29 is 33.9 Å². The largest absolute Gasteiger partial charge is 0.493 e. The lowest BCUT2D eigenvalue weighted by Gasteiger charge is -2.42. The van der Waals surface area contributed by atoms with Crippen molar-refractivity contribution in [1.82, 2.24) is 0 Å². The molecule has 4 aromatic rings. The Balaban J connectivity index is 0.000000227. The molecule has 0 bridgehead atoms. The molecule has 2 fully saturated rings. The molecule has 0 spiro atoms. The van der Waals surface area contributed by atoms with Gasteiger partial charge in [-0.1, -0.05) is 171 Å². The zero-order valence-electron chi connectivity index (χ0n) is 44.9. The van der Waals surface area contributed by atoms with E-state index in [1.54, 1.807) is 14.2 Å². The first-order valence-corrected chi connectivity index (χ1v) is 25.8. The van der Waals surface area contributed by atoms with Crippen LogP contribution in [-0.4, -0.2) is 81.4 Å². The summed E-state index contributed by atoms with van der Waals surface area (Å²) in [6.07, 6.45) is 8.10. The summed E-state index contributed by atoms with van der Waals surface area (Å²) in [4.78, 5) is 0. The highest BCUT2D eigenvalue weighted by molar-refractivity contribution is 5.38. The Morgan fingerprint density at radius 1 is 0.676 bits per heavy atom. The quantitative estimate of drug-likeness (QED) is 0.115. The Labute approximate surface area is 414 Å². The third kappa shape index (κ3) is 18.6. The summed E-state index contributed by atoms with van der Waals surface area (Å²) < 4.78 is 27.0. The van der Waals surface area contributed by atoms with E-state index in [0.29, 0.717) is 49.6 Å². The molecule has 0 saturated heterocycles. The van der Waals surface area contributed by atoms with Crippen LogP contribution < -0.4 is 4.74 Å². The highest BCUT2D eigenvalue weighted by Gasteiger charge is 2.40. The van der Waals surface area contributed by atoms with Gasteiger partial charge in [0.15, 0.2) is 0 Å². The van der Waals surface area contributed by atoms with E-state index in [1.165, 1.54) is 47.9 Å². The summed E-state index contributed by atoms with van der Waals surface area (Å²) in [5, 5.41) is 20.3. The van der Waals surface area contributed by atoms with Crippen LogP contribution in [0.25, 0.3) is 0 Å².